The third-order valence-electron chi connectivity index (χ3n) is 6.09. The van der Waals surface area contributed by atoms with Crippen molar-refractivity contribution in [3.8, 4) is 0 Å². The van der Waals surface area contributed by atoms with Gasteiger partial charge in [0.1, 0.15) is 6.04 Å². The molecular weight excluding hydrogens is 428 g/mol. The van der Waals surface area contributed by atoms with Crippen molar-refractivity contribution in [1.82, 2.24) is 15.5 Å². The van der Waals surface area contributed by atoms with Crippen LogP contribution in [0.3, 0.4) is 0 Å². The Morgan fingerprint density at radius 3 is 2.48 bits per heavy atom. The number of amides is 3. The second-order valence-electron chi connectivity index (χ2n) is 8.43. The van der Waals surface area contributed by atoms with Crippen molar-refractivity contribution in [2.45, 2.75) is 31.3 Å². The van der Waals surface area contributed by atoms with Crippen LogP contribution in [0.25, 0.3) is 0 Å². The molecule has 2 aliphatic rings. The number of hydrogen-bond acceptors (Lipinski definition) is 4. The quantitative estimate of drug-likeness (QED) is 0.615. The second-order valence-corrected chi connectivity index (χ2v) is 8.43. The van der Waals surface area contributed by atoms with Crippen molar-refractivity contribution in [3.63, 3.8) is 0 Å². The number of benzene rings is 1. The van der Waals surface area contributed by atoms with Crippen LogP contribution in [-0.2, 0) is 4.79 Å². The summed E-state index contributed by atoms with van der Waals surface area (Å²) in [5, 5.41) is 5.17. The molecule has 1 aromatic rings. The molecule has 2 fully saturated rings. The van der Waals surface area contributed by atoms with Crippen LogP contribution in [0.2, 0.25) is 0 Å². The summed E-state index contributed by atoms with van der Waals surface area (Å²) in [7, 11) is 3.93. The van der Waals surface area contributed by atoms with Crippen LogP contribution in [0.5, 0.6) is 0 Å². The third kappa shape index (κ3) is 5.42. The monoisotopic (exact) mass is 459 g/mol. The third-order valence-corrected chi connectivity index (χ3v) is 6.09. The molecule has 1 aromatic carbocycles. The fourth-order valence-corrected chi connectivity index (χ4v) is 4.23. The van der Waals surface area contributed by atoms with E-state index < -0.39 is 29.6 Å². The van der Waals surface area contributed by atoms with Crippen LogP contribution in [-0.4, -0.2) is 62.7 Å². The lowest BCUT2D eigenvalue weighted by atomic mass is 10.0. The first-order valence-corrected chi connectivity index (χ1v) is 11.0. The first-order chi connectivity index (χ1) is 15.8. The van der Waals surface area contributed by atoms with Crippen LogP contribution in [0.15, 0.2) is 49.2 Å². The number of piperidine rings is 1. The summed E-state index contributed by atoms with van der Waals surface area (Å²) < 4.78 is 30.1. The van der Waals surface area contributed by atoms with Gasteiger partial charge in [-0.2, -0.15) is 0 Å². The topological polar surface area (TPSA) is 67.9 Å². The van der Waals surface area contributed by atoms with Gasteiger partial charge in [0.05, 0.1) is 11.4 Å². The fraction of sp³-hybridized carbons (Fsp3) is 0.417. The summed E-state index contributed by atoms with van der Waals surface area (Å²) in [4.78, 5) is 30.4. The molecule has 2 heterocycles. The maximum atomic E-state index is 15.1. The molecule has 9 heteroatoms. The number of likely N-dealkylation sites (N-methyl/N-ethyl adjacent to an activating group) is 1. The number of allylic oxidation sites excluding steroid dienone is 3. The summed E-state index contributed by atoms with van der Waals surface area (Å²) in [5.74, 6) is -2.50. The summed E-state index contributed by atoms with van der Waals surface area (Å²) in [6.45, 7) is 8.64. The van der Waals surface area contributed by atoms with Crippen LogP contribution >= 0.6 is 0 Å². The number of nitrogens with one attached hydrogen (secondary N) is 2. The van der Waals surface area contributed by atoms with Gasteiger partial charge in [0.25, 0.3) is 0 Å². The Morgan fingerprint density at radius 2 is 1.85 bits per heavy atom. The molecule has 2 N–H and O–H groups in total. The molecule has 0 radical (unpaired) electrons. The lowest BCUT2D eigenvalue weighted by Crippen LogP contribution is -2.54. The van der Waals surface area contributed by atoms with E-state index in [1.165, 1.54) is 29.2 Å². The number of rotatable bonds is 7. The maximum Gasteiger partial charge on any atom is 0.319 e. The van der Waals surface area contributed by atoms with Gasteiger partial charge in [0.2, 0.25) is 5.91 Å². The Morgan fingerprint density at radius 1 is 1.15 bits per heavy atom. The molecule has 0 aliphatic carbocycles. The number of carbonyl (C=O) groups excluding carboxylic acids is 2. The predicted octanol–water partition coefficient (Wildman–Crippen LogP) is 3.16. The zero-order valence-corrected chi connectivity index (χ0v) is 19.1. The summed E-state index contributed by atoms with van der Waals surface area (Å²) in [5.41, 5.74) is 0.504. The Kier molecular flexibility index (Phi) is 7.86. The SMILES string of the molecule is C=C/C=C(\C=C)NC(=O)N[C@@H]1CCCN(c2ccc(N3CCC(N(C)C)C3)c(F)c2F)C1=O. The summed E-state index contributed by atoms with van der Waals surface area (Å²) in [6.07, 6.45) is 6.30. The molecular formula is C24H31F2N5O2. The van der Waals surface area contributed by atoms with Crippen molar-refractivity contribution in [3.05, 3.63) is 60.9 Å². The molecule has 3 rings (SSSR count). The average molecular weight is 460 g/mol. The second kappa shape index (κ2) is 10.6. The minimum atomic E-state index is -1.05. The van der Waals surface area contributed by atoms with Gasteiger partial charge in [-0.05, 0) is 57.6 Å². The van der Waals surface area contributed by atoms with Gasteiger partial charge in [-0.25, -0.2) is 13.6 Å². The number of hydrogen-bond donors (Lipinski definition) is 2. The summed E-state index contributed by atoms with van der Waals surface area (Å²) in [6, 6.07) is 1.81. The Labute approximate surface area is 193 Å². The van der Waals surface area contributed by atoms with Gasteiger partial charge in [-0.3, -0.25) is 4.79 Å². The average Bonchev–Trinajstić information content (AvgIpc) is 3.27. The van der Waals surface area contributed by atoms with E-state index in [0.29, 0.717) is 31.6 Å². The highest BCUT2D eigenvalue weighted by atomic mass is 19.2. The highest BCUT2D eigenvalue weighted by molar-refractivity contribution is 6.00. The Hall–Kier alpha value is -3.20. The predicted molar refractivity (Wildman–Crippen MR) is 126 cm³/mol. The number of nitrogens with zero attached hydrogens (tertiary/aromatic N) is 3. The number of urea groups is 1. The van der Waals surface area contributed by atoms with Crippen LogP contribution in [0.1, 0.15) is 19.3 Å². The van der Waals surface area contributed by atoms with Gasteiger partial charge in [0, 0.05) is 31.4 Å². The molecule has 2 atom stereocenters. The highest BCUT2D eigenvalue weighted by Gasteiger charge is 2.34. The zero-order chi connectivity index (χ0) is 24.1. The van der Waals surface area contributed by atoms with Gasteiger partial charge >= 0.3 is 6.03 Å². The molecule has 3 amide bonds. The molecule has 2 saturated heterocycles. The first-order valence-electron chi connectivity index (χ1n) is 11.0. The smallest absolute Gasteiger partial charge is 0.319 e. The maximum absolute atomic E-state index is 15.1. The lowest BCUT2D eigenvalue weighted by Gasteiger charge is -2.33. The van der Waals surface area contributed by atoms with E-state index in [0.717, 1.165) is 6.42 Å². The standard InChI is InChI=1S/C24H31F2N5O2/c1-5-8-16(6-2)27-24(33)28-18-9-7-13-31(23(18)32)20-11-10-19(21(25)22(20)26)30-14-12-17(15-30)29(3)4/h5-6,8,10-11,17-18H,1-2,7,9,12-15H2,3-4H3,(H2,27,28,33)/b16-8+/t17?,18-/m1/s1. The van der Waals surface area contributed by atoms with Gasteiger partial charge < -0.3 is 25.3 Å². The highest BCUT2D eigenvalue weighted by Crippen LogP contribution is 2.33. The van der Waals surface area contributed by atoms with Crippen molar-refractivity contribution >= 4 is 23.3 Å². The molecule has 178 valence electrons. The molecule has 0 aromatic heterocycles. The Balaban J connectivity index is 1.74. The molecule has 0 saturated carbocycles. The largest absolute Gasteiger partial charge is 0.367 e. The fourth-order valence-electron chi connectivity index (χ4n) is 4.23. The number of anilines is 2. The van der Waals surface area contributed by atoms with E-state index in [1.807, 2.05) is 19.0 Å². The molecule has 1 unspecified atom stereocenters. The van der Waals surface area contributed by atoms with E-state index >= 15 is 8.78 Å². The molecule has 0 bridgehead atoms. The molecule has 0 spiro atoms. The zero-order valence-electron chi connectivity index (χ0n) is 19.1. The first kappa shape index (κ1) is 24.4. The normalized spacial score (nSPS) is 21.4. The van der Waals surface area contributed by atoms with Crippen LogP contribution in [0, 0.1) is 11.6 Å². The Bertz CT molecular complexity index is 962. The van der Waals surface area contributed by atoms with E-state index in [9.17, 15) is 9.59 Å². The molecule has 33 heavy (non-hydrogen) atoms. The van der Waals surface area contributed by atoms with Crippen molar-refractivity contribution in [2.75, 3.05) is 43.5 Å². The molecule has 7 nitrogen and oxygen atoms in total. The van der Waals surface area contributed by atoms with Gasteiger partial charge in [-0.1, -0.05) is 19.2 Å². The van der Waals surface area contributed by atoms with Crippen molar-refractivity contribution in [2.24, 2.45) is 0 Å². The van der Waals surface area contributed by atoms with E-state index in [4.69, 9.17) is 0 Å². The van der Waals surface area contributed by atoms with Crippen LogP contribution < -0.4 is 20.4 Å². The van der Waals surface area contributed by atoms with Gasteiger partial charge in [-0.15, -0.1) is 0 Å². The van der Waals surface area contributed by atoms with Crippen molar-refractivity contribution in [1.29, 1.82) is 0 Å². The summed E-state index contributed by atoms with van der Waals surface area (Å²) >= 11 is 0. The van der Waals surface area contributed by atoms with E-state index in [2.05, 4.69) is 28.7 Å². The van der Waals surface area contributed by atoms with Crippen LogP contribution in [0.4, 0.5) is 25.0 Å². The minimum absolute atomic E-state index is 0.116. The van der Waals surface area contributed by atoms with Crippen molar-refractivity contribution < 1.29 is 18.4 Å². The molecule has 2 aliphatic heterocycles. The van der Waals surface area contributed by atoms with E-state index in [1.54, 1.807) is 6.08 Å². The van der Waals surface area contributed by atoms with E-state index in [-0.39, 0.29) is 24.0 Å². The number of halogens is 2. The van der Waals surface area contributed by atoms with Gasteiger partial charge in [0.15, 0.2) is 11.6 Å². The lowest BCUT2D eigenvalue weighted by molar-refractivity contribution is -0.121. The number of carbonyl (C=O) groups is 2. The minimum Gasteiger partial charge on any atom is -0.367 e.